The molecule has 0 bridgehead atoms. The highest BCUT2D eigenvalue weighted by Gasteiger charge is 2.32. The lowest BCUT2D eigenvalue weighted by atomic mass is 9.98. The van der Waals surface area contributed by atoms with Crippen molar-refractivity contribution in [2.75, 3.05) is 19.7 Å². The van der Waals surface area contributed by atoms with E-state index < -0.39 is 18.2 Å². The monoisotopic (exact) mass is 452 g/mol. The zero-order valence-electron chi connectivity index (χ0n) is 18.3. The van der Waals surface area contributed by atoms with Gasteiger partial charge in [0.25, 0.3) is 0 Å². The first-order valence-electron chi connectivity index (χ1n) is 11.2. The Balaban J connectivity index is 1.25. The molecule has 0 aromatic heterocycles. The molecule has 2 aliphatic rings. The van der Waals surface area contributed by atoms with E-state index in [2.05, 4.69) is 17.4 Å². The number of aliphatic hydroxyl groups is 1. The van der Waals surface area contributed by atoms with Crippen LogP contribution < -0.4 is 5.32 Å². The molecule has 2 aromatic carbocycles. The van der Waals surface area contributed by atoms with Gasteiger partial charge in [-0.05, 0) is 35.1 Å². The largest absolute Gasteiger partial charge is 0.481 e. The van der Waals surface area contributed by atoms with Crippen molar-refractivity contribution >= 4 is 18.0 Å². The summed E-state index contributed by atoms with van der Waals surface area (Å²) in [4.78, 5) is 37.2. The number of fused-ring (bicyclic) bond motifs is 3. The smallest absolute Gasteiger partial charge is 0.407 e. The van der Waals surface area contributed by atoms with Crippen LogP contribution in [0.15, 0.2) is 48.5 Å². The average molecular weight is 453 g/mol. The van der Waals surface area contributed by atoms with Crippen LogP contribution in [0.1, 0.15) is 42.7 Å². The second-order valence-corrected chi connectivity index (χ2v) is 8.55. The number of carboxylic acid groups (broad SMARTS) is 1. The summed E-state index contributed by atoms with van der Waals surface area (Å²) < 4.78 is 5.43. The number of aliphatic hydroxyl groups excluding tert-OH is 1. The van der Waals surface area contributed by atoms with E-state index in [1.807, 2.05) is 36.4 Å². The van der Waals surface area contributed by atoms with Gasteiger partial charge in [-0.2, -0.15) is 0 Å². The third-order valence-electron chi connectivity index (χ3n) is 6.34. The molecule has 33 heavy (non-hydrogen) atoms. The lowest BCUT2D eigenvalue weighted by molar-refractivity contribution is -0.140. The van der Waals surface area contributed by atoms with Crippen molar-refractivity contribution in [3.05, 3.63) is 59.7 Å². The first-order chi connectivity index (χ1) is 15.9. The van der Waals surface area contributed by atoms with Gasteiger partial charge < -0.3 is 25.2 Å². The third-order valence-corrected chi connectivity index (χ3v) is 6.34. The van der Waals surface area contributed by atoms with E-state index in [1.54, 1.807) is 0 Å². The van der Waals surface area contributed by atoms with Crippen molar-refractivity contribution in [3.63, 3.8) is 0 Å². The van der Waals surface area contributed by atoms with Crippen LogP contribution in [0, 0.1) is 0 Å². The molecule has 1 heterocycles. The Morgan fingerprint density at radius 1 is 1.06 bits per heavy atom. The number of alkyl carbamates (subject to hydrolysis) is 1. The molecule has 2 amide bonds. The van der Waals surface area contributed by atoms with E-state index in [4.69, 9.17) is 9.84 Å². The Morgan fingerprint density at radius 2 is 1.70 bits per heavy atom. The molecule has 8 heteroatoms. The van der Waals surface area contributed by atoms with Gasteiger partial charge in [0.15, 0.2) is 0 Å². The molecule has 1 aliphatic heterocycles. The van der Waals surface area contributed by atoms with Gasteiger partial charge >= 0.3 is 12.1 Å². The molecule has 1 unspecified atom stereocenters. The quantitative estimate of drug-likeness (QED) is 0.567. The molecule has 2 atom stereocenters. The molecule has 0 radical (unpaired) electrons. The van der Waals surface area contributed by atoms with Gasteiger partial charge in [0.1, 0.15) is 6.61 Å². The van der Waals surface area contributed by atoms with Gasteiger partial charge in [-0.3, -0.25) is 9.59 Å². The maximum atomic E-state index is 12.5. The minimum absolute atomic E-state index is 0.0593. The molecule has 4 rings (SSSR count). The molecular formula is C25H28N2O6. The topological polar surface area (TPSA) is 116 Å². The fraction of sp³-hybridized carbons (Fsp3) is 0.400. The van der Waals surface area contributed by atoms with Gasteiger partial charge in [-0.1, -0.05) is 48.5 Å². The van der Waals surface area contributed by atoms with Crippen LogP contribution in [-0.2, 0) is 14.3 Å². The Labute approximate surface area is 192 Å². The van der Waals surface area contributed by atoms with Crippen molar-refractivity contribution in [1.82, 2.24) is 10.2 Å². The number of likely N-dealkylation sites (tertiary alicyclic amines) is 1. The van der Waals surface area contributed by atoms with Gasteiger partial charge in [0, 0.05) is 25.0 Å². The first kappa shape index (κ1) is 22.8. The minimum atomic E-state index is -1.08. The molecule has 0 spiro atoms. The molecule has 2 aromatic rings. The van der Waals surface area contributed by atoms with Crippen molar-refractivity contribution in [3.8, 4) is 11.1 Å². The second kappa shape index (κ2) is 10.0. The number of amides is 2. The molecular weight excluding hydrogens is 424 g/mol. The third kappa shape index (κ3) is 5.17. The van der Waals surface area contributed by atoms with Crippen LogP contribution >= 0.6 is 0 Å². The maximum Gasteiger partial charge on any atom is 0.407 e. The summed E-state index contributed by atoms with van der Waals surface area (Å²) in [6.45, 7) is 0.530. The highest BCUT2D eigenvalue weighted by Crippen LogP contribution is 2.44. The van der Waals surface area contributed by atoms with Crippen molar-refractivity contribution in [2.45, 2.75) is 43.7 Å². The molecule has 1 fully saturated rings. The average Bonchev–Trinajstić information content (AvgIpc) is 3.38. The summed E-state index contributed by atoms with van der Waals surface area (Å²) in [7, 11) is 0. The lowest BCUT2D eigenvalue weighted by Gasteiger charge is -2.24. The van der Waals surface area contributed by atoms with Gasteiger partial charge in [0.2, 0.25) is 5.91 Å². The normalized spacial score (nSPS) is 17.8. The number of hydrogen-bond donors (Lipinski definition) is 3. The number of carboxylic acids is 1. The van der Waals surface area contributed by atoms with Crippen LogP contribution in [0.5, 0.6) is 0 Å². The number of benzene rings is 2. The standard InChI is InChI=1S/C25H28N2O6/c28-17(13-23(29)27-11-5-6-16(27)12-24(30)31)14-26-25(32)33-15-22-20-9-3-1-7-18(20)19-8-2-4-10-21(19)22/h1-4,7-10,16-17,22,28H,5-6,11-15H2,(H,26,32)(H,30,31)/t16-,17?/m0/s1. The molecule has 0 saturated carbocycles. The van der Waals surface area contributed by atoms with Crippen LogP contribution in [0.3, 0.4) is 0 Å². The summed E-state index contributed by atoms with van der Waals surface area (Å²) in [5.74, 6) is -1.31. The highest BCUT2D eigenvalue weighted by molar-refractivity contribution is 5.79. The number of carbonyl (C=O) groups excluding carboxylic acids is 2. The number of aliphatic carboxylic acids is 1. The van der Waals surface area contributed by atoms with E-state index >= 15 is 0 Å². The van der Waals surface area contributed by atoms with E-state index in [1.165, 1.54) is 4.90 Å². The highest BCUT2D eigenvalue weighted by atomic mass is 16.5. The Kier molecular flexibility index (Phi) is 6.93. The zero-order chi connectivity index (χ0) is 23.4. The molecule has 1 aliphatic carbocycles. The predicted octanol–water partition coefficient (Wildman–Crippen LogP) is 2.74. The molecule has 1 saturated heterocycles. The van der Waals surface area contributed by atoms with Crippen LogP contribution in [-0.4, -0.2) is 64.9 Å². The van der Waals surface area contributed by atoms with Crippen molar-refractivity contribution < 1.29 is 29.3 Å². The summed E-state index contributed by atoms with van der Waals surface area (Å²) in [5.41, 5.74) is 4.50. The lowest BCUT2D eigenvalue weighted by Crippen LogP contribution is -2.41. The summed E-state index contributed by atoms with van der Waals surface area (Å²) in [5, 5.41) is 21.7. The number of ether oxygens (including phenoxy) is 1. The number of rotatable bonds is 8. The van der Waals surface area contributed by atoms with Gasteiger partial charge in [0.05, 0.1) is 18.9 Å². The van der Waals surface area contributed by atoms with Gasteiger partial charge in [-0.25, -0.2) is 4.79 Å². The molecule has 3 N–H and O–H groups in total. The van der Waals surface area contributed by atoms with Crippen LogP contribution in [0.2, 0.25) is 0 Å². The van der Waals surface area contributed by atoms with Crippen molar-refractivity contribution in [2.24, 2.45) is 0 Å². The number of hydrogen-bond acceptors (Lipinski definition) is 5. The van der Waals surface area contributed by atoms with E-state index in [-0.39, 0.29) is 43.9 Å². The predicted molar refractivity (Wildman–Crippen MR) is 121 cm³/mol. The fourth-order valence-corrected chi connectivity index (χ4v) is 4.82. The molecule has 8 nitrogen and oxygen atoms in total. The van der Waals surface area contributed by atoms with Crippen molar-refractivity contribution in [1.29, 1.82) is 0 Å². The Bertz CT molecular complexity index is 994. The zero-order valence-corrected chi connectivity index (χ0v) is 18.3. The minimum Gasteiger partial charge on any atom is -0.481 e. The summed E-state index contributed by atoms with van der Waals surface area (Å²) in [6.07, 6.45) is -0.624. The number of nitrogens with one attached hydrogen (secondary N) is 1. The second-order valence-electron chi connectivity index (χ2n) is 8.55. The van der Waals surface area contributed by atoms with Crippen LogP contribution in [0.25, 0.3) is 11.1 Å². The Morgan fingerprint density at radius 3 is 2.33 bits per heavy atom. The summed E-state index contributed by atoms with van der Waals surface area (Å²) in [6, 6.07) is 15.8. The van der Waals surface area contributed by atoms with E-state index in [0.29, 0.717) is 13.0 Å². The SMILES string of the molecule is O=C(O)C[C@@H]1CCCN1C(=O)CC(O)CNC(=O)OCC1c2ccccc2-c2ccccc21. The van der Waals surface area contributed by atoms with E-state index in [0.717, 1.165) is 28.7 Å². The number of carbonyl (C=O) groups is 3. The summed E-state index contributed by atoms with van der Waals surface area (Å²) >= 11 is 0. The first-order valence-corrected chi connectivity index (χ1v) is 11.2. The molecule has 174 valence electrons. The Hall–Kier alpha value is -3.39. The van der Waals surface area contributed by atoms with Gasteiger partial charge in [-0.15, -0.1) is 0 Å². The van der Waals surface area contributed by atoms with E-state index in [9.17, 15) is 19.5 Å². The maximum absolute atomic E-state index is 12.5. The fourth-order valence-electron chi connectivity index (χ4n) is 4.82. The number of nitrogens with zero attached hydrogens (tertiary/aromatic N) is 1. The van der Waals surface area contributed by atoms with Crippen LogP contribution in [0.4, 0.5) is 4.79 Å².